The molecule has 0 spiro atoms. The lowest BCUT2D eigenvalue weighted by atomic mass is 9.94. The highest BCUT2D eigenvalue weighted by molar-refractivity contribution is 7.92. The average molecular weight is 670 g/mol. The Morgan fingerprint density at radius 2 is 1.35 bits per heavy atom. The van der Waals surface area contributed by atoms with Crippen LogP contribution < -0.4 is 19.1 Å². The number of carbonyl (C=O) groups is 2. The number of sulfonamides is 1. The Kier molecular flexibility index (Phi) is 11.7. The summed E-state index contributed by atoms with van der Waals surface area (Å²) in [6, 6.07) is 31.0. The molecule has 48 heavy (non-hydrogen) atoms. The number of nitrogens with one attached hydrogen (secondary N) is 1. The second kappa shape index (κ2) is 16.3. The predicted octanol–water partition coefficient (Wildman–Crippen LogP) is 5.99. The molecule has 0 saturated heterocycles. The summed E-state index contributed by atoms with van der Waals surface area (Å²) >= 11 is 0. The zero-order valence-electron chi connectivity index (χ0n) is 27.5. The molecule has 0 heterocycles. The van der Waals surface area contributed by atoms with Gasteiger partial charge in [0.25, 0.3) is 10.0 Å². The summed E-state index contributed by atoms with van der Waals surface area (Å²) < 4.78 is 40.5. The second-order valence-electron chi connectivity index (χ2n) is 11.9. The summed E-state index contributed by atoms with van der Waals surface area (Å²) in [6.45, 7) is -0.413. The SMILES string of the molecule is COc1ccc(S(=O)(=O)N(CC(=O)N(Cc2ccccc2)[C@@H](Cc2ccccc2)C(=O)NC2CCCCC2)c2ccccc2)cc1OC. The van der Waals surface area contributed by atoms with Gasteiger partial charge in [0.05, 0.1) is 24.8 Å². The van der Waals surface area contributed by atoms with Crippen molar-refractivity contribution in [3.63, 3.8) is 0 Å². The standard InChI is InChI=1S/C38H43N3O6S/c1-46-35-24-23-33(26-36(35)47-2)48(44,45)41(32-21-13-6-14-22-32)28-37(42)40(27-30-17-9-4-10-18-30)34(25-29-15-7-3-8-16-29)38(43)39-31-19-11-5-12-20-31/h3-4,6-10,13-18,21-24,26,31,34H,5,11-12,19-20,25,27-28H2,1-2H3,(H,39,43)/t34-/m0/s1. The van der Waals surface area contributed by atoms with Crippen molar-refractivity contribution in [3.8, 4) is 11.5 Å². The number of rotatable bonds is 14. The van der Waals surface area contributed by atoms with Crippen LogP contribution in [-0.2, 0) is 32.6 Å². The summed E-state index contributed by atoms with van der Waals surface area (Å²) in [6.07, 6.45) is 5.28. The van der Waals surface area contributed by atoms with Gasteiger partial charge in [0.1, 0.15) is 12.6 Å². The molecule has 0 bridgehead atoms. The smallest absolute Gasteiger partial charge is 0.264 e. The third-order valence-electron chi connectivity index (χ3n) is 8.68. The fraction of sp³-hybridized carbons (Fsp3) is 0.316. The lowest BCUT2D eigenvalue weighted by molar-refractivity contribution is -0.140. The molecule has 1 atom stereocenters. The number of nitrogens with zero attached hydrogens (tertiary/aromatic N) is 2. The molecule has 2 amide bonds. The van der Waals surface area contributed by atoms with E-state index in [1.807, 2.05) is 60.7 Å². The van der Waals surface area contributed by atoms with Crippen molar-refractivity contribution in [1.82, 2.24) is 10.2 Å². The van der Waals surface area contributed by atoms with Gasteiger partial charge in [-0.1, -0.05) is 98.1 Å². The van der Waals surface area contributed by atoms with Crippen LogP contribution in [0.5, 0.6) is 11.5 Å². The number of amides is 2. The molecule has 1 aliphatic carbocycles. The van der Waals surface area contributed by atoms with Crippen molar-refractivity contribution in [1.29, 1.82) is 0 Å². The van der Waals surface area contributed by atoms with Crippen molar-refractivity contribution < 1.29 is 27.5 Å². The largest absolute Gasteiger partial charge is 0.493 e. The zero-order valence-corrected chi connectivity index (χ0v) is 28.3. The summed E-state index contributed by atoms with van der Waals surface area (Å²) in [7, 11) is -1.39. The molecule has 10 heteroatoms. The molecule has 0 unspecified atom stereocenters. The summed E-state index contributed by atoms with van der Waals surface area (Å²) in [5.74, 6) is -0.137. The van der Waals surface area contributed by atoms with Gasteiger partial charge in [-0.2, -0.15) is 0 Å². The van der Waals surface area contributed by atoms with Gasteiger partial charge in [0.15, 0.2) is 11.5 Å². The minimum atomic E-state index is -4.29. The van der Waals surface area contributed by atoms with Crippen LogP contribution in [-0.4, -0.2) is 58.0 Å². The van der Waals surface area contributed by atoms with Gasteiger partial charge in [-0.25, -0.2) is 8.42 Å². The molecule has 5 rings (SSSR count). The van der Waals surface area contributed by atoms with Crippen LogP contribution in [0.25, 0.3) is 0 Å². The van der Waals surface area contributed by atoms with Crippen LogP contribution in [0.1, 0.15) is 43.2 Å². The third-order valence-corrected chi connectivity index (χ3v) is 10.5. The Morgan fingerprint density at radius 1 is 0.771 bits per heavy atom. The lowest BCUT2D eigenvalue weighted by Crippen LogP contribution is -2.55. The fourth-order valence-corrected chi connectivity index (χ4v) is 7.54. The van der Waals surface area contributed by atoms with Crippen molar-refractivity contribution in [3.05, 3.63) is 120 Å². The van der Waals surface area contributed by atoms with Crippen molar-refractivity contribution in [2.45, 2.75) is 62.0 Å². The van der Waals surface area contributed by atoms with Gasteiger partial charge in [0.2, 0.25) is 11.8 Å². The molecular formula is C38H43N3O6S. The van der Waals surface area contributed by atoms with Crippen molar-refractivity contribution >= 4 is 27.5 Å². The van der Waals surface area contributed by atoms with E-state index in [-0.39, 0.29) is 35.6 Å². The Labute approximate surface area is 283 Å². The highest BCUT2D eigenvalue weighted by atomic mass is 32.2. The summed E-state index contributed by atoms with van der Waals surface area (Å²) in [5.41, 5.74) is 2.03. The monoisotopic (exact) mass is 669 g/mol. The molecule has 9 nitrogen and oxygen atoms in total. The number of carbonyl (C=O) groups excluding carboxylic acids is 2. The van der Waals surface area contributed by atoms with Crippen LogP contribution in [0.15, 0.2) is 114 Å². The maximum Gasteiger partial charge on any atom is 0.264 e. The van der Waals surface area contributed by atoms with E-state index in [2.05, 4.69) is 5.32 Å². The van der Waals surface area contributed by atoms with Crippen molar-refractivity contribution in [2.75, 3.05) is 25.1 Å². The highest BCUT2D eigenvalue weighted by Crippen LogP contribution is 2.32. The third kappa shape index (κ3) is 8.55. The van der Waals surface area contributed by atoms with Crippen LogP contribution >= 0.6 is 0 Å². The zero-order chi connectivity index (χ0) is 33.9. The first-order valence-corrected chi connectivity index (χ1v) is 17.7. The predicted molar refractivity (Wildman–Crippen MR) is 186 cm³/mol. The molecular weight excluding hydrogens is 627 g/mol. The van der Waals surface area contributed by atoms with Crippen LogP contribution in [0.4, 0.5) is 5.69 Å². The number of para-hydroxylation sites is 1. The van der Waals surface area contributed by atoms with Gasteiger partial charge in [-0.3, -0.25) is 13.9 Å². The molecule has 4 aromatic rings. The minimum absolute atomic E-state index is 0.0319. The summed E-state index contributed by atoms with van der Waals surface area (Å²) in [4.78, 5) is 30.3. The Morgan fingerprint density at radius 3 is 1.96 bits per heavy atom. The number of hydrogen-bond acceptors (Lipinski definition) is 6. The van der Waals surface area contributed by atoms with Gasteiger partial charge < -0.3 is 19.7 Å². The second-order valence-corrected chi connectivity index (χ2v) is 13.8. The first kappa shape index (κ1) is 34.5. The van der Waals surface area contributed by atoms with E-state index in [0.717, 1.165) is 47.5 Å². The molecule has 252 valence electrons. The number of ether oxygens (including phenoxy) is 2. The van der Waals surface area contributed by atoms with Crippen LogP contribution in [0, 0.1) is 0 Å². The van der Waals surface area contributed by atoms with E-state index in [1.165, 1.54) is 37.3 Å². The number of methoxy groups -OCH3 is 2. The first-order valence-electron chi connectivity index (χ1n) is 16.3. The molecule has 1 saturated carbocycles. The Balaban J connectivity index is 1.55. The minimum Gasteiger partial charge on any atom is -0.493 e. The lowest BCUT2D eigenvalue weighted by Gasteiger charge is -2.35. The molecule has 0 radical (unpaired) electrons. The Bertz CT molecular complexity index is 1750. The molecule has 4 aromatic carbocycles. The quantitative estimate of drug-likeness (QED) is 0.177. The maximum atomic E-state index is 14.7. The van der Waals surface area contributed by atoms with Crippen molar-refractivity contribution in [2.24, 2.45) is 0 Å². The van der Waals surface area contributed by atoms with E-state index in [4.69, 9.17) is 9.47 Å². The average Bonchev–Trinajstić information content (AvgIpc) is 3.13. The van der Waals surface area contributed by atoms with E-state index >= 15 is 0 Å². The van der Waals surface area contributed by atoms with E-state index < -0.39 is 28.5 Å². The van der Waals surface area contributed by atoms with E-state index in [1.54, 1.807) is 30.3 Å². The number of anilines is 1. The molecule has 1 N–H and O–H groups in total. The topological polar surface area (TPSA) is 105 Å². The van der Waals surface area contributed by atoms with E-state index in [9.17, 15) is 18.0 Å². The van der Waals surface area contributed by atoms with Gasteiger partial charge in [-0.05, 0) is 48.2 Å². The van der Waals surface area contributed by atoms with Gasteiger partial charge in [0, 0.05) is 25.1 Å². The van der Waals surface area contributed by atoms with E-state index in [0.29, 0.717) is 11.4 Å². The number of benzene rings is 4. The highest BCUT2D eigenvalue weighted by Gasteiger charge is 2.35. The van der Waals surface area contributed by atoms with Crippen LogP contribution in [0.2, 0.25) is 0 Å². The van der Waals surface area contributed by atoms with Crippen LogP contribution in [0.3, 0.4) is 0 Å². The van der Waals surface area contributed by atoms with Gasteiger partial charge >= 0.3 is 0 Å². The van der Waals surface area contributed by atoms with Gasteiger partial charge in [-0.15, -0.1) is 0 Å². The summed E-state index contributed by atoms with van der Waals surface area (Å²) in [5, 5.41) is 3.23. The first-order chi connectivity index (χ1) is 23.3. The fourth-order valence-electron chi connectivity index (χ4n) is 6.11. The maximum absolute atomic E-state index is 14.7. The molecule has 1 fully saturated rings. The Hall–Kier alpha value is -4.83. The molecule has 1 aliphatic rings. The molecule has 0 aromatic heterocycles. The normalized spacial score (nSPS) is 14.0. The molecule has 0 aliphatic heterocycles. The number of hydrogen-bond donors (Lipinski definition) is 1.